The number of hydrogen-bond acceptors (Lipinski definition) is 2. The van der Waals surface area contributed by atoms with Crippen molar-refractivity contribution in [1.82, 2.24) is 14.7 Å². The average molecular weight is 237 g/mol. The molecular formula is C13H23N3O. The van der Waals surface area contributed by atoms with Gasteiger partial charge in [0.1, 0.15) is 0 Å². The Morgan fingerprint density at radius 3 is 2.41 bits per heavy atom. The summed E-state index contributed by atoms with van der Waals surface area (Å²) in [6.07, 6.45) is 2.16. The summed E-state index contributed by atoms with van der Waals surface area (Å²) in [5, 5.41) is 4.30. The number of nitrogens with zero attached hydrogens (tertiary/aromatic N) is 3. The highest BCUT2D eigenvalue weighted by Gasteiger charge is 2.21. The SMILES string of the molecule is CCCCN(CC)C(=O)c1c(C)nn(C)c1C. The lowest BCUT2D eigenvalue weighted by molar-refractivity contribution is 0.0760. The Bertz CT molecular complexity index is 396. The highest BCUT2D eigenvalue weighted by atomic mass is 16.2. The maximum absolute atomic E-state index is 12.4. The molecule has 1 aromatic rings. The molecule has 0 unspecified atom stereocenters. The number of unbranched alkanes of at least 4 members (excludes halogenated alkanes) is 1. The number of aryl methyl sites for hydroxylation is 2. The van der Waals surface area contributed by atoms with Gasteiger partial charge in [-0.2, -0.15) is 5.10 Å². The average Bonchev–Trinajstić information content (AvgIpc) is 2.54. The molecule has 0 aliphatic carbocycles. The Hall–Kier alpha value is -1.32. The first-order valence-electron chi connectivity index (χ1n) is 6.32. The Kier molecular flexibility index (Phi) is 4.73. The molecule has 0 aromatic carbocycles. The van der Waals surface area contributed by atoms with Crippen molar-refractivity contribution in [1.29, 1.82) is 0 Å². The predicted molar refractivity (Wildman–Crippen MR) is 69.2 cm³/mol. The monoisotopic (exact) mass is 237 g/mol. The lowest BCUT2D eigenvalue weighted by atomic mass is 10.1. The van der Waals surface area contributed by atoms with Crippen molar-refractivity contribution in [3.05, 3.63) is 17.0 Å². The van der Waals surface area contributed by atoms with Crippen LogP contribution in [0.15, 0.2) is 0 Å². The second-order valence-electron chi connectivity index (χ2n) is 4.41. The topological polar surface area (TPSA) is 38.1 Å². The van der Waals surface area contributed by atoms with Crippen molar-refractivity contribution in [3.63, 3.8) is 0 Å². The summed E-state index contributed by atoms with van der Waals surface area (Å²) in [7, 11) is 1.88. The van der Waals surface area contributed by atoms with Crippen LogP contribution in [0.4, 0.5) is 0 Å². The Balaban J connectivity index is 2.93. The molecule has 0 aliphatic rings. The van der Waals surface area contributed by atoms with Gasteiger partial charge in [0.05, 0.1) is 11.3 Å². The standard InChI is InChI=1S/C13H23N3O/c1-6-8-9-16(7-2)13(17)12-10(3)14-15(5)11(12)4/h6-9H2,1-5H3. The van der Waals surface area contributed by atoms with Gasteiger partial charge in [0, 0.05) is 25.8 Å². The Morgan fingerprint density at radius 2 is 2.00 bits per heavy atom. The van der Waals surface area contributed by atoms with E-state index in [1.165, 1.54) is 0 Å². The van der Waals surface area contributed by atoms with Gasteiger partial charge in [0.15, 0.2) is 0 Å². The van der Waals surface area contributed by atoms with Crippen molar-refractivity contribution in [2.45, 2.75) is 40.5 Å². The normalized spacial score (nSPS) is 10.6. The predicted octanol–water partition coefficient (Wildman–Crippen LogP) is 2.30. The third-order valence-corrected chi connectivity index (χ3v) is 3.17. The van der Waals surface area contributed by atoms with E-state index < -0.39 is 0 Å². The van der Waals surface area contributed by atoms with Crippen LogP contribution in [0.1, 0.15) is 48.4 Å². The molecule has 0 fully saturated rings. The largest absolute Gasteiger partial charge is 0.339 e. The van der Waals surface area contributed by atoms with Crippen LogP contribution < -0.4 is 0 Å². The number of hydrogen-bond donors (Lipinski definition) is 0. The van der Waals surface area contributed by atoms with Crippen molar-refractivity contribution >= 4 is 5.91 Å². The van der Waals surface area contributed by atoms with E-state index in [1.807, 2.05) is 32.7 Å². The first kappa shape index (κ1) is 13.7. The molecule has 0 aliphatic heterocycles. The maximum Gasteiger partial charge on any atom is 0.257 e. The van der Waals surface area contributed by atoms with Crippen LogP contribution in [0.3, 0.4) is 0 Å². The van der Waals surface area contributed by atoms with Crippen molar-refractivity contribution in [2.75, 3.05) is 13.1 Å². The zero-order chi connectivity index (χ0) is 13.0. The van der Waals surface area contributed by atoms with Crippen molar-refractivity contribution in [3.8, 4) is 0 Å². The molecule has 96 valence electrons. The third kappa shape index (κ3) is 2.87. The molecule has 0 saturated carbocycles. The van der Waals surface area contributed by atoms with E-state index in [1.54, 1.807) is 4.68 Å². The number of aromatic nitrogens is 2. The molecule has 0 spiro atoms. The van der Waals surface area contributed by atoms with E-state index >= 15 is 0 Å². The molecule has 0 atom stereocenters. The molecule has 4 nitrogen and oxygen atoms in total. The molecule has 0 radical (unpaired) electrons. The van der Waals surface area contributed by atoms with E-state index in [0.29, 0.717) is 0 Å². The number of carbonyl (C=O) groups excluding carboxylic acids is 1. The van der Waals surface area contributed by atoms with Crippen molar-refractivity contribution < 1.29 is 4.79 Å². The lowest BCUT2D eigenvalue weighted by Crippen LogP contribution is -2.32. The maximum atomic E-state index is 12.4. The molecule has 1 rings (SSSR count). The summed E-state index contributed by atoms with van der Waals surface area (Å²) >= 11 is 0. The van der Waals surface area contributed by atoms with Gasteiger partial charge in [-0.15, -0.1) is 0 Å². The zero-order valence-corrected chi connectivity index (χ0v) is 11.6. The lowest BCUT2D eigenvalue weighted by Gasteiger charge is -2.20. The molecular weight excluding hydrogens is 214 g/mol. The summed E-state index contributed by atoms with van der Waals surface area (Å²) in [6.45, 7) is 9.59. The minimum absolute atomic E-state index is 0.115. The fraction of sp³-hybridized carbons (Fsp3) is 0.692. The molecule has 4 heteroatoms. The van der Waals surface area contributed by atoms with Crippen LogP contribution in [0, 0.1) is 13.8 Å². The smallest absolute Gasteiger partial charge is 0.257 e. The van der Waals surface area contributed by atoms with Gasteiger partial charge in [-0.1, -0.05) is 13.3 Å². The molecule has 1 heterocycles. The summed E-state index contributed by atoms with van der Waals surface area (Å²) in [4.78, 5) is 14.3. The van der Waals surface area contributed by atoms with E-state index in [4.69, 9.17) is 0 Å². The molecule has 1 aromatic heterocycles. The van der Waals surface area contributed by atoms with Crippen LogP contribution >= 0.6 is 0 Å². The highest BCUT2D eigenvalue weighted by molar-refractivity contribution is 5.96. The van der Waals surface area contributed by atoms with E-state index in [9.17, 15) is 4.79 Å². The summed E-state index contributed by atoms with van der Waals surface area (Å²) < 4.78 is 1.77. The number of rotatable bonds is 5. The summed E-state index contributed by atoms with van der Waals surface area (Å²) in [6, 6.07) is 0. The van der Waals surface area contributed by atoms with Gasteiger partial charge >= 0.3 is 0 Å². The van der Waals surface area contributed by atoms with E-state index in [-0.39, 0.29) is 5.91 Å². The first-order valence-corrected chi connectivity index (χ1v) is 6.32. The van der Waals surface area contributed by atoms with Crippen molar-refractivity contribution in [2.24, 2.45) is 7.05 Å². The Labute approximate surface area is 104 Å². The van der Waals surface area contributed by atoms with Gasteiger partial charge in [-0.3, -0.25) is 9.48 Å². The van der Waals surface area contributed by atoms with Crippen LogP contribution in [0.5, 0.6) is 0 Å². The van der Waals surface area contributed by atoms with Gasteiger partial charge in [0.2, 0.25) is 0 Å². The minimum Gasteiger partial charge on any atom is -0.339 e. The Morgan fingerprint density at radius 1 is 1.35 bits per heavy atom. The summed E-state index contributed by atoms with van der Waals surface area (Å²) in [5.41, 5.74) is 2.54. The minimum atomic E-state index is 0.115. The number of carbonyl (C=O) groups is 1. The molecule has 1 amide bonds. The van der Waals surface area contributed by atoms with Gasteiger partial charge in [-0.25, -0.2) is 0 Å². The molecule has 0 saturated heterocycles. The second kappa shape index (κ2) is 5.84. The second-order valence-corrected chi connectivity index (χ2v) is 4.41. The van der Waals surface area contributed by atoms with Crippen LogP contribution in [0.2, 0.25) is 0 Å². The van der Waals surface area contributed by atoms with Gasteiger partial charge < -0.3 is 4.90 Å². The fourth-order valence-corrected chi connectivity index (χ4v) is 1.99. The molecule has 0 N–H and O–H groups in total. The van der Waals surface area contributed by atoms with Crippen LogP contribution in [0.25, 0.3) is 0 Å². The molecule has 17 heavy (non-hydrogen) atoms. The summed E-state index contributed by atoms with van der Waals surface area (Å²) in [5.74, 6) is 0.115. The fourth-order valence-electron chi connectivity index (χ4n) is 1.99. The molecule has 0 bridgehead atoms. The third-order valence-electron chi connectivity index (χ3n) is 3.17. The first-order chi connectivity index (χ1) is 8.02. The van der Waals surface area contributed by atoms with Gasteiger partial charge in [-0.05, 0) is 27.2 Å². The number of amides is 1. The van der Waals surface area contributed by atoms with Crippen LogP contribution in [-0.2, 0) is 7.05 Å². The van der Waals surface area contributed by atoms with Crippen LogP contribution in [-0.4, -0.2) is 33.7 Å². The highest BCUT2D eigenvalue weighted by Crippen LogP contribution is 2.15. The van der Waals surface area contributed by atoms with E-state index in [0.717, 1.165) is 42.9 Å². The quantitative estimate of drug-likeness (QED) is 0.788. The van der Waals surface area contributed by atoms with E-state index in [2.05, 4.69) is 12.0 Å². The van der Waals surface area contributed by atoms with Gasteiger partial charge in [0.25, 0.3) is 5.91 Å². The zero-order valence-electron chi connectivity index (χ0n) is 11.6.